The highest BCUT2D eigenvalue weighted by molar-refractivity contribution is 5.73. The third-order valence-electron chi connectivity index (χ3n) is 4.03. The summed E-state index contributed by atoms with van der Waals surface area (Å²) >= 11 is 0. The van der Waals surface area contributed by atoms with Crippen molar-refractivity contribution in [3.05, 3.63) is 30.3 Å². The summed E-state index contributed by atoms with van der Waals surface area (Å²) in [5.41, 5.74) is 1.28. The first-order valence-corrected chi connectivity index (χ1v) is 8.11. The second-order valence-electron chi connectivity index (χ2n) is 6.23. The van der Waals surface area contributed by atoms with Crippen LogP contribution in [0.2, 0.25) is 0 Å². The molecule has 2 N–H and O–H groups in total. The number of nitrogens with zero attached hydrogens (tertiary/aromatic N) is 2. The molecule has 2 amide bonds. The molecule has 5 heteroatoms. The molecule has 0 unspecified atom stereocenters. The first-order chi connectivity index (χ1) is 10.6. The largest absolute Gasteiger partial charge is 0.371 e. The minimum Gasteiger partial charge on any atom is -0.371 e. The van der Waals surface area contributed by atoms with Gasteiger partial charge in [0.2, 0.25) is 0 Å². The summed E-state index contributed by atoms with van der Waals surface area (Å²) in [6, 6.07) is 10.4. The van der Waals surface area contributed by atoms with Crippen LogP contribution in [-0.4, -0.2) is 57.8 Å². The molecule has 1 saturated heterocycles. The van der Waals surface area contributed by atoms with Crippen molar-refractivity contribution in [3.63, 3.8) is 0 Å². The van der Waals surface area contributed by atoms with Gasteiger partial charge in [-0.2, -0.15) is 0 Å². The van der Waals surface area contributed by atoms with Gasteiger partial charge in [-0.1, -0.05) is 18.2 Å². The van der Waals surface area contributed by atoms with E-state index < -0.39 is 0 Å². The molecule has 1 fully saturated rings. The van der Waals surface area contributed by atoms with Crippen LogP contribution in [0, 0.1) is 5.92 Å². The van der Waals surface area contributed by atoms with Gasteiger partial charge < -0.3 is 20.4 Å². The monoisotopic (exact) mass is 304 g/mol. The highest BCUT2D eigenvalue weighted by Crippen LogP contribution is 2.22. The molecule has 0 radical (unpaired) electrons. The Balaban J connectivity index is 1.61. The van der Waals surface area contributed by atoms with Crippen LogP contribution in [0.1, 0.15) is 12.8 Å². The van der Waals surface area contributed by atoms with Crippen LogP contribution in [0.3, 0.4) is 0 Å². The van der Waals surface area contributed by atoms with Crippen molar-refractivity contribution in [2.75, 3.05) is 51.7 Å². The van der Waals surface area contributed by atoms with Gasteiger partial charge in [-0.05, 0) is 51.5 Å². The predicted octanol–water partition coefficient (Wildman–Crippen LogP) is 1.76. The molecule has 1 atom stereocenters. The third kappa shape index (κ3) is 5.56. The molecule has 0 aromatic heterocycles. The molecule has 1 aliphatic rings. The molecule has 0 bridgehead atoms. The number of nitrogens with one attached hydrogen (secondary N) is 2. The molecule has 1 aromatic rings. The minimum atomic E-state index is -0.0445. The van der Waals surface area contributed by atoms with Crippen molar-refractivity contribution in [1.29, 1.82) is 0 Å². The summed E-state index contributed by atoms with van der Waals surface area (Å²) in [6.07, 6.45) is 2.11. The van der Waals surface area contributed by atoms with Gasteiger partial charge in [-0.3, -0.25) is 0 Å². The van der Waals surface area contributed by atoms with Crippen molar-refractivity contribution in [1.82, 2.24) is 15.5 Å². The van der Waals surface area contributed by atoms with Crippen LogP contribution >= 0.6 is 0 Å². The number of anilines is 1. The summed E-state index contributed by atoms with van der Waals surface area (Å²) in [5.74, 6) is 0.535. The lowest BCUT2D eigenvalue weighted by Crippen LogP contribution is -2.39. The van der Waals surface area contributed by atoms with Crippen LogP contribution in [0.15, 0.2) is 30.3 Å². The standard InChI is InChI=1S/C17H28N4O/c1-20(2)11-6-10-18-17(22)19-13-15-9-12-21(14-15)16-7-4-3-5-8-16/h3-5,7-8,15H,6,9-14H2,1-2H3,(H2,18,19,22)/t15-/m1/s1. The van der Waals surface area contributed by atoms with Gasteiger partial charge in [0.05, 0.1) is 0 Å². The Hall–Kier alpha value is -1.75. The SMILES string of the molecule is CN(C)CCCNC(=O)NC[C@H]1CCN(c2ccccc2)C1. The van der Waals surface area contributed by atoms with E-state index in [1.54, 1.807) is 0 Å². The van der Waals surface area contributed by atoms with Crippen molar-refractivity contribution in [3.8, 4) is 0 Å². The average Bonchev–Trinajstić information content (AvgIpc) is 2.99. The first-order valence-electron chi connectivity index (χ1n) is 8.11. The summed E-state index contributed by atoms with van der Waals surface area (Å²) in [4.78, 5) is 16.3. The van der Waals surface area contributed by atoms with E-state index in [1.807, 2.05) is 20.2 Å². The zero-order valence-electron chi connectivity index (χ0n) is 13.7. The van der Waals surface area contributed by atoms with E-state index in [-0.39, 0.29) is 6.03 Å². The Morgan fingerprint density at radius 2 is 2.05 bits per heavy atom. The van der Waals surface area contributed by atoms with E-state index in [0.717, 1.165) is 45.6 Å². The number of para-hydroxylation sites is 1. The minimum absolute atomic E-state index is 0.0445. The van der Waals surface area contributed by atoms with Crippen molar-refractivity contribution in [2.45, 2.75) is 12.8 Å². The summed E-state index contributed by atoms with van der Waals surface area (Å²) < 4.78 is 0. The maximum absolute atomic E-state index is 11.7. The lowest BCUT2D eigenvalue weighted by Gasteiger charge is -2.18. The highest BCUT2D eigenvalue weighted by Gasteiger charge is 2.22. The van der Waals surface area contributed by atoms with Crippen LogP contribution in [0.5, 0.6) is 0 Å². The van der Waals surface area contributed by atoms with Crippen molar-refractivity contribution < 1.29 is 4.79 Å². The second kappa shape index (κ2) is 8.63. The van der Waals surface area contributed by atoms with E-state index in [0.29, 0.717) is 5.92 Å². The zero-order chi connectivity index (χ0) is 15.8. The van der Waals surface area contributed by atoms with Crippen molar-refractivity contribution in [2.24, 2.45) is 5.92 Å². The van der Waals surface area contributed by atoms with Gasteiger partial charge in [-0.15, -0.1) is 0 Å². The number of benzene rings is 1. The summed E-state index contributed by atoms with van der Waals surface area (Å²) in [5, 5.41) is 5.91. The molecule has 1 aliphatic heterocycles. The molecule has 22 heavy (non-hydrogen) atoms. The first kappa shape index (κ1) is 16.6. The number of carbonyl (C=O) groups excluding carboxylic acids is 1. The van der Waals surface area contributed by atoms with Gasteiger partial charge in [-0.25, -0.2) is 4.79 Å². The van der Waals surface area contributed by atoms with Gasteiger partial charge >= 0.3 is 6.03 Å². The Morgan fingerprint density at radius 3 is 2.77 bits per heavy atom. The van der Waals surface area contributed by atoms with Gasteiger partial charge in [0, 0.05) is 31.9 Å². The predicted molar refractivity (Wildman–Crippen MR) is 91.3 cm³/mol. The van der Waals surface area contributed by atoms with Crippen LogP contribution in [-0.2, 0) is 0 Å². The molecule has 0 spiro atoms. The molecule has 2 rings (SSSR count). The number of hydrogen-bond acceptors (Lipinski definition) is 3. The molecular weight excluding hydrogens is 276 g/mol. The Labute approximate surface area is 133 Å². The Kier molecular flexibility index (Phi) is 6.52. The zero-order valence-corrected chi connectivity index (χ0v) is 13.7. The van der Waals surface area contributed by atoms with Crippen LogP contribution < -0.4 is 15.5 Å². The number of amides is 2. The second-order valence-corrected chi connectivity index (χ2v) is 6.23. The maximum Gasteiger partial charge on any atom is 0.314 e. The quantitative estimate of drug-likeness (QED) is 0.755. The lowest BCUT2D eigenvalue weighted by molar-refractivity contribution is 0.238. The molecule has 1 aromatic carbocycles. The molecule has 0 aliphatic carbocycles. The van der Waals surface area contributed by atoms with E-state index in [4.69, 9.17) is 0 Å². The van der Waals surface area contributed by atoms with Gasteiger partial charge in [0.15, 0.2) is 0 Å². The van der Waals surface area contributed by atoms with Crippen LogP contribution in [0.4, 0.5) is 10.5 Å². The molecular formula is C17H28N4O. The number of urea groups is 1. The number of hydrogen-bond donors (Lipinski definition) is 2. The summed E-state index contributed by atoms with van der Waals surface area (Å²) in [6.45, 7) is 4.56. The summed E-state index contributed by atoms with van der Waals surface area (Å²) in [7, 11) is 4.08. The van der Waals surface area contributed by atoms with Gasteiger partial charge in [0.1, 0.15) is 0 Å². The van der Waals surface area contributed by atoms with E-state index in [1.165, 1.54) is 5.69 Å². The van der Waals surface area contributed by atoms with E-state index in [9.17, 15) is 4.79 Å². The molecule has 5 nitrogen and oxygen atoms in total. The fourth-order valence-electron chi connectivity index (χ4n) is 2.77. The smallest absolute Gasteiger partial charge is 0.314 e. The van der Waals surface area contributed by atoms with E-state index in [2.05, 4.69) is 44.7 Å². The average molecular weight is 304 g/mol. The van der Waals surface area contributed by atoms with Gasteiger partial charge in [0.25, 0.3) is 0 Å². The fourth-order valence-corrected chi connectivity index (χ4v) is 2.77. The molecule has 1 heterocycles. The third-order valence-corrected chi connectivity index (χ3v) is 4.03. The van der Waals surface area contributed by atoms with E-state index >= 15 is 0 Å². The Morgan fingerprint density at radius 1 is 1.27 bits per heavy atom. The Bertz CT molecular complexity index is 449. The number of rotatable bonds is 7. The topological polar surface area (TPSA) is 47.6 Å². The number of carbonyl (C=O) groups is 1. The normalized spacial score (nSPS) is 17.8. The van der Waals surface area contributed by atoms with Crippen molar-refractivity contribution >= 4 is 11.7 Å². The molecule has 122 valence electrons. The fraction of sp³-hybridized carbons (Fsp3) is 0.588. The lowest BCUT2D eigenvalue weighted by atomic mass is 10.1. The van der Waals surface area contributed by atoms with Crippen LogP contribution in [0.25, 0.3) is 0 Å². The molecule has 0 saturated carbocycles. The maximum atomic E-state index is 11.7. The highest BCUT2D eigenvalue weighted by atomic mass is 16.2.